The number of rotatable bonds is 11. The number of fused-ring (bicyclic) bond motifs is 1. The fourth-order valence-corrected chi connectivity index (χ4v) is 6.47. The highest BCUT2D eigenvalue weighted by molar-refractivity contribution is 5.90. The van der Waals surface area contributed by atoms with Gasteiger partial charge in [-0.2, -0.15) is 5.10 Å². The summed E-state index contributed by atoms with van der Waals surface area (Å²) in [6, 6.07) is 6.52. The standard InChI is InChI=1S/C33H46N8O3/c1-3-4-5-30(42)40-12-8-24(9-13-40)21-29(33(44)41-16-14-39(15-17-41)27-6-10-35-11-7-27)37-32(43)28(34)20-25-18-23(2)31-26(19-25)22-36-38-31/h6-7,10-11,18-19,22,24,28-29H,3-5,8-9,12-17,20-21,34H2,1-2H3,(H,36,38)(H,37,43). The van der Waals surface area contributed by atoms with Crippen LogP contribution in [0.3, 0.4) is 0 Å². The molecule has 0 spiro atoms. The van der Waals surface area contributed by atoms with Gasteiger partial charge in [0.05, 0.1) is 17.8 Å². The fourth-order valence-electron chi connectivity index (χ4n) is 6.47. The normalized spacial score (nSPS) is 17.5. The quantitative estimate of drug-likeness (QED) is 0.307. The number of nitrogens with zero attached hydrogens (tertiary/aromatic N) is 5. The van der Waals surface area contributed by atoms with E-state index in [0.717, 1.165) is 53.4 Å². The van der Waals surface area contributed by atoms with Crippen LogP contribution in [0.1, 0.15) is 56.6 Å². The first kappa shape index (κ1) is 31.4. The van der Waals surface area contributed by atoms with Gasteiger partial charge < -0.3 is 25.8 Å². The number of anilines is 1. The Morgan fingerprint density at radius 1 is 1.05 bits per heavy atom. The number of aromatic nitrogens is 3. The first-order valence-corrected chi connectivity index (χ1v) is 16.0. The van der Waals surface area contributed by atoms with Crippen LogP contribution in [-0.4, -0.2) is 94.1 Å². The Hall–Kier alpha value is -3.99. The van der Waals surface area contributed by atoms with Crippen LogP contribution in [0.25, 0.3) is 10.9 Å². The smallest absolute Gasteiger partial charge is 0.245 e. The van der Waals surface area contributed by atoms with E-state index in [2.05, 4.69) is 32.3 Å². The number of carbonyl (C=O) groups excluding carboxylic acids is 3. The Morgan fingerprint density at radius 3 is 2.48 bits per heavy atom. The average molecular weight is 603 g/mol. The van der Waals surface area contributed by atoms with Gasteiger partial charge in [0.15, 0.2) is 0 Å². The number of pyridine rings is 1. The first-order chi connectivity index (χ1) is 21.3. The van der Waals surface area contributed by atoms with Crippen molar-refractivity contribution in [3.63, 3.8) is 0 Å². The monoisotopic (exact) mass is 602 g/mol. The Bertz CT molecular complexity index is 1410. The lowest BCUT2D eigenvalue weighted by Gasteiger charge is -2.39. The van der Waals surface area contributed by atoms with Crippen molar-refractivity contribution in [2.45, 2.75) is 70.9 Å². The summed E-state index contributed by atoms with van der Waals surface area (Å²) in [7, 11) is 0. The zero-order valence-corrected chi connectivity index (χ0v) is 26.0. The second kappa shape index (κ2) is 14.7. The van der Waals surface area contributed by atoms with Gasteiger partial charge in [-0.3, -0.25) is 24.5 Å². The van der Waals surface area contributed by atoms with Crippen molar-refractivity contribution >= 4 is 34.3 Å². The number of hydrogen-bond donors (Lipinski definition) is 3. The molecule has 2 atom stereocenters. The van der Waals surface area contributed by atoms with Gasteiger partial charge in [0, 0.05) is 69.2 Å². The van der Waals surface area contributed by atoms with Gasteiger partial charge in [-0.1, -0.05) is 19.4 Å². The molecule has 11 nitrogen and oxygen atoms in total. The molecule has 2 aliphatic rings. The summed E-state index contributed by atoms with van der Waals surface area (Å²) in [5, 5.41) is 11.2. The molecule has 44 heavy (non-hydrogen) atoms. The number of H-pyrrole nitrogens is 1. The third-order valence-corrected chi connectivity index (χ3v) is 9.11. The molecular formula is C33H46N8O3. The second-order valence-corrected chi connectivity index (χ2v) is 12.3. The van der Waals surface area contributed by atoms with Gasteiger partial charge in [0.25, 0.3) is 0 Å². The summed E-state index contributed by atoms with van der Waals surface area (Å²) in [5.74, 6) is 0.0704. The van der Waals surface area contributed by atoms with Crippen molar-refractivity contribution in [3.8, 4) is 0 Å². The number of unbranched alkanes of at least 4 members (excludes halogenated alkanes) is 1. The number of nitrogens with two attached hydrogens (primary N) is 1. The molecule has 1 aromatic carbocycles. The highest BCUT2D eigenvalue weighted by Gasteiger charge is 2.33. The molecule has 3 aromatic rings. The molecule has 0 bridgehead atoms. The van der Waals surface area contributed by atoms with Crippen LogP contribution in [0.15, 0.2) is 42.9 Å². The van der Waals surface area contributed by atoms with Crippen LogP contribution in [-0.2, 0) is 20.8 Å². The Labute approximate surface area is 259 Å². The minimum atomic E-state index is -0.796. The van der Waals surface area contributed by atoms with Crippen LogP contribution in [0.4, 0.5) is 5.69 Å². The largest absolute Gasteiger partial charge is 0.368 e. The Kier molecular flexibility index (Phi) is 10.5. The highest BCUT2D eigenvalue weighted by Crippen LogP contribution is 2.25. The van der Waals surface area contributed by atoms with Crippen molar-refractivity contribution < 1.29 is 14.4 Å². The van der Waals surface area contributed by atoms with Crippen molar-refractivity contribution in [3.05, 3.63) is 54.0 Å². The van der Waals surface area contributed by atoms with Gasteiger partial charge in [0.2, 0.25) is 17.7 Å². The number of piperazine rings is 1. The van der Waals surface area contributed by atoms with E-state index < -0.39 is 12.1 Å². The molecule has 0 radical (unpaired) electrons. The number of aryl methyl sites for hydroxylation is 1. The maximum atomic E-state index is 14.0. The number of hydrogen-bond acceptors (Lipinski definition) is 7. The number of piperidine rings is 1. The summed E-state index contributed by atoms with van der Waals surface area (Å²) >= 11 is 0. The third kappa shape index (κ3) is 7.74. The lowest BCUT2D eigenvalue weighted by molar-refractivity contribution is -0.138. The number of aromatic amines is 1. The van der Waals surface area contributed by atoms with E-state index in [1.54, 1.807) is 18.6 Å². The van der Waals surface area contributed by atoms with Crippen molar-refractivity contribution in [1.82, 2.24) is 30.3 Å². The van der Waals surface area contributed by atoms with Gasteiger partial charge in [-0.25, -0.2) is 0 Å². The summed E-state index contributed by atoms with van der Waals surface area (Å²) in [5.41, 5.74) is 10.5. The second-order valence-electron chi connectivity index (χ2n) is 12.3. The fraction of sp³-hybridized carbons (Fsp3) is 0.545. The molecular weight excluding hydrogens is 556 g/mol. The molecule has 4 N–H and O–H groups in total. The topological polar surface area (TPSA) is 141 Å². The van der Waals surface area contributed by atoms with Crippen LogP contribution < -0.4 is 16.0 Å². The van der Waals surface area contributed by atoms with Gasteiger partial charge in [-0.05, 0) is 74.3 Å². The first-order valence-electron chi connectivity index (χ1n) is 16.0. The minimum Gasteiger partial charge on any atom is -0.368 e. The zero-order chi connectivity index (χ0) is 31.1. The van der Waals surface area contributed by atoms with E-state index in [1.165, 1.54) is 0 Å². The molecule has 0 saturated carbocycles. The molecule has 11 heteroatoms. The summed E-state index contributed by atoms with van der Waals surface area (Å²) in [4.78, 5) is 50.2. The number of likely N-dealkylation sites (tertiary alicyclic amines) is 1. The van der Waals surface area contributed by atoms with Crippen molar-refractivity contribution in [2.75, 3.05) is 44.2 Å². The van der Waals surface area contributed by atoms with E-state index in [0.29, 0.717) is 58.5 Å². The predicted octanol–water partition coefficient (Wildman–Crippen LogP) is 2.79. The van der Waals surface area contributed by atoms with Crippen LogP contribution >= 0.6 is 0 Å². The SMILES string of the molecule is CCCCC(=O)N1CCC(CC(NC(=O)C(N)Cc2cc(C)c3[nH]ncc3c2)C(=O)N2CCN(c3ccncc3)CC2)CC1. The molecule has 2 fully saturated rings. The van der Waals surface area contributed by atoms with Gasteiger partial charge >= 0.3 is 0 Å². The average Bonchev–Trinajstić information content (AvgIpc) is 3.53. The maximum Gasteiger partial charge on any atom is 0.245 e. The molecule has 3 amide bonds. The molecule has 236 valence electrons. The lowest BCUT2D eigenvalue weighted by atomic mass is 9.89. The predicted molar refractivity (Wildman–Crippen MR) is 171 cm³/mol. The lowest BCUT2D eigenvalue weighted by Crippen LogP contribution is -2.57. The number of benzene rings is 1. The number of amides is 3. The van der Waals surface area contributed by atoms with E-state index >= 15 is 0 Å². The van der Waals surface area contributed by atoms with Crippen LogP contribution in [0, 0.1) is 12.8 Å². The maximum absolute atomic E-state index is 14.0. The summed E-state index contributed by atoms with van der Waals surface area (Å²) in [6.07, 6.45) is 10.4. The van der Waals surface area contributed by atoms with Gasteiger partial charge in [0.1, 0.15) is 6.04 Å². The van der Waals surface area contributed by atoms with Crippen molar-refractivity contribution in [2.24, 2.45) is 11.7 Å². The third-order valence-electron chi connectivity index (χ3n) is 9.11. The molecule has 2 aliphatic heterocycles. The van der Waals surface area contributed by atoms with Crippen LogP contribution in [0.5, 0.6) is 0 Å². The van der Waals surface area contributed by atoms with Crippen LogP contribution in [0.2, 0.25) is 0 Å². The molecule has 5 rings (SSSR count). The molecule has 2 aromatic heterocycles. The summed E-state index contributed by atoms with van der Waals surface area (Å²) in [6.45, 7) is 8.07. The van der Waals surface area contributed by atoms with Crippen molar-refractivity contribution in [1.29, 1.82) is 0 Å². The Balaban J connectivity index is 1.23. The Morgan fingerprint density at radius 2 is 1.77 bits per heavy atom. The number of carbonyl (C=O) groups is 3. The summed E-state index contributed by atoms with van der Waals surface area (Å²) < 4.78 is 0. The molecule has 2 unspecified atom stereocenters. The minimum absolute atomic E-state index is 0.0583. The van der Waals surface area contributed by atoms with Gasteiger partial charge in [-0.15, -0.1) is 0 Å². The molecule has 2 saturated heterocycles. The van der Waals surface area contributed by atoms with E-state index in [9.17, 15) is 14.4 Å². The zero-order valence-electron chi connectivity index (χ0n) is 26.0. The molecule has 0 aliphatic carbocycles. The van der Waals surface area contributed by atoms with E-state index in [4.69, 9.17) is 5.73 Å². The van der Waals surface area contributed by atoms with E-state index in [-0.39, 0.29) is 23.6 Å². The highest BCUT2D eigenvalue weighted by atomic mass is 16.2. The van der Waals surface area contributed by atoms with E-state index in [1.807, 2.05) is 41.0 Å². The molecule has 4 heterocycles. The number of nitrogens with one attached hydrogen (secondary N) is 2.